The summed E-state index contributed by atoms with van der Waals surface area (Å²) in [5.74, 6) is 0. The Kier molecular flexibility index (Phi) is 2.83. The van der Waals surface area contributed by atoms with Crippen molar-refractivity contribution in [2.75, 3.05) is 0 Å². The summed E-state index contributed by atoms with van der Waals surface area (Å²) in [6, 6.07) is 10.4. The quantitative estimate of drug-likeness (QED) is 0.817. The molecule has 1 aromatic heterocycles. The zero-order chi connectivity index (χ0) is 10.7. The molecule has 0 fully saturated rings. The molecule has 1 heterocycles. The van der Waals surface area contributed by atoms with Gasteiger partial charge in [0.15, 0.2) is 0 Å². The lowest BCUT2D eigenvalue weighted by Crippen LogP contribution is -2.01. The first-order chi connectivity index (χ1) is 7.29. The fourth-order valence-corrected chi connectivity index (χ4v) is 1.65. The molecular formula is C12H15N3. The molecule has 0 aliphatic carbocycles. The van der Waals surface area contributed by atoms with Crippen LogP contribution in [0.1, 0.15) is 16.8 Å². The zero-order valence-corrected chi connectivity index (χ0v) is 8.85. The van der Waals surface area contributed by atoms with Crippen LogP contribution in [0, 0.1) is 0 Å². The summed E-state index contributed by atoms with van der Waals surface area (Å²) in [5.41, 5.74) is 9.27. The Bertz CT molecular complexity index is 446. The van der Waals surface area contributed by atoms with Crippen molar-refractivity contribution < 1.29 is 0 Å². The van der Waals surface area contributed by atoms with Crippen LogP contribution >= 0.6 is 0 Å². The van der Waals surface area contributed by atoms with Gasteiger partial charge in [-0.1, -0.05) is 24.3 Å². The van der Waals surface area contributed by atoms with Crippen LogP contribution in [0.2, 0.25) is 0 Å². The molecule has 0 atom stereocenters. The van der Waals surface area contributed by atoms with E-state index in [1.165, 1.54) is 16.8 Å². The van der Waals surface area contributed by atoms with Crippen LogP contribution in [0.3, 0.4) is 0 Å². The van der Waals surface area contributed by atoms with E-state index in [9.17, 15) is 0 Å². The van der Waals surface area contributed by atoms with Gasteiger partial charge in [-0.05, 0) is 17.2 Å². The van der Waals surface area contributed by atoms with Crippen molar-refractivity contribution >= 4 is 0 Å². The van der Waals surface area contributed by atoms with Crippen LogP contribution in [-0.4, -0.2) is 9.78 Å². The van der Waals surface area contributed by atoms with Crippen molar-refractivity contribution in [3.8, 4) is 0 Å². The lowest BCUT2D eigenvalue weighted by molar-refractivity contribution is 0.724. The molecule has 0 aliphatic heterocycles. The predicted molar refractivity (Wildman–Crippen MR) is 60.3 cm³/mol. The van der Waals surface area contributed by atoms with Crippen molar-refractivity contribution in [2.45, 2.75) is 13.0 Å². The molecule has 0 spiro atoms. The molecule has 0 radical (unpaired) electrons. The third kappa shape index (κ3) is 2.25. The maximum atomic E-state index is 5.60. The second kappa shape index (κ2) is 4.28. The molecule has 2 N–H and O–H groups in total. The minimum Gasteiger partial charge on any atom is -0.326 e. The molecule has 2 rings (SSSR count). The molecule has 3 nitrogen and oxygen atoms in total. The smallest absolute Gasteiger partial charge is 0.0492 e. The lowest BCUT2D eigenvalue weighted by atomic mass is 10.1. The molecule has 0 amide bonds. The van der Waals surface area contributed by atoms with E-state index in [0.717, 1.165) is 6.42 Å². The number of benzene rings is 1. The highest BCUT2D eigenvalue weighted by Crippen LogP contribution is 2.10. The highest BCUT2D eigenvalue weighted by Gasteiger charge is 2.00. The fraction of sp³-hybridized carbons (Fsp3) is 0.250. The number of nitrogens with zero attached hydrogens (tertiary/aromatic N) is 2. The number of hydrogen-bond donors (Lipinski definition) is 1. The minimum absolute atomic E-state index is 0.596. The first-order valence-corrected chi connectivity index (χ1v) is 5.04. The van der Waals surface area contributed by atoms with E-state index >= 15 is 0 Å². The van der Waals surface area contributed by atoms with Crippen molar-refractivity contribution in [3.05, 3.63) is 53.3 Å². The average Bonchev–Trinajstić information content (AvgIpc) is 2.65. The lowest BCUT2D eigenvalue weighted by Gasteiger charge is -2.04. The van der Waals surface area contributed by atoms with Crippen LogP contribution in [0.25, 0.3) is 0 Å². The SMILES string of the molecule is Cn1nccc1Cc1cccc(CN)c1. The summed E-state index contributed by atoms with van der Waals surface area (Å²) in [6.07, 6.45) is 2.73. The molecule has 0 saturated heterocycles. The van der Waals surface area contributed by atoms with E-state index in [4.69, 9.17) is 5.73 Å². The summed E-state index contributed by atoms with van der Waals surface area (Å²) < 4.78 is 1.90. The van der Waals surface area contributed by atoms with Crippen LogP contribution in [-0.2, 0) is 20.0 Å². The van der Waals surface area contributed by atoms with E-state index in [1.54, 1.807) is 0 Å². The normalized spacial score (nSPS) is 10.5. The summed E-state index contributed by atoms with van der Waals surface area (Å²) in [6.45, 7) is 0.596. The summed E-state index contributed by atoms with van der Waals surface area (Å²) >= 11 is 0. The van der Waals surface area contributed by atoms with Crippen molar-refractivity contribution in [3.63, 3.8) is 0 Å². The predicted octanol–water partition coefficient (Wildman–Crippen LogP) is 1.47. The molecule has 2 aromatic rings. The summed E-state index contributed by atoms with van der Waals surface area (Å²) in [4.78, 5) is 0. The first-order valence-electron chi connectivity index (χ1n) is 5.04. The summed E-state index contributed by atoms with van der Waals surface area (Å²) in [7, 11) is 1.96. The molecule has 0 aliphatic rings. The van der Waals surface area contributed by atoms with Crippen LogP contribution in [0.15, 0.2) is 36.5 Å². The van der Waals surface area contributed by atoms with Gasteiger partial charge in [0.1, 0.15) is 0 Å². The number of aryl methyl sites for hydroxylation is 1. The van der Waals surface area contributed by atoms with Crippen LogP contribution < -0.4 is 5.73 Å². The zero-order valence-electron chi connectivity index (χ0n) is 8.85. The van der Waals surface area contributed by atoms with Crippen LogP contribution in [0.4, 0.5) is 0 Å². The molecule has 78 valence electrons. The molecule has 0 bridgehead atoms. The van der Waals surface area contributed by atoms with Crippen molar-refractivity contribution in [1.82, 2.24) is 9.78 Å². The average molecular weight is 201 g/mol. The van der Waals surface area contributed by atoms with Gasteiger partial charge in [0.05, 0.1) is 0 Å². The number of rotatable bonds is 3. The third-order valence-electron chi connectivity index (χ3n) is 2.53. The second-order valence-corrected chi connectivity index (χ2v) is 3.65. The Morgan fingerprint density at radius 1 is 1.27 bits per heavy atom. The van der Waals surface area contributed by atoms with Gasteiger partial charge in [0, 0.05) is 31.9 Å². The van der Waals surface area contributed by atoms with Gasteiger partial charge in [-0.25, -0.2) is 0 Å². The monoisotopic (exact) mass is 201 g/mol. The maximum Gasteiger partial charge on any atom is 0.0492 e. The number of hydrogen-bond acceptors (Lipinski definition) is 2. The van der Waals surface area contributed by atoms with Gasteiger partial charge in [-0.3, -0.25) is 4.68 Å². The Morgan fingerprint density at radius 2 is 2.07 bits per heavy atom. The van der Waals surface area contributed by atoms with Crippen molar-refractivity contribution in [2.24, 2.45) is 12.8 Å². The van der Waals surface area contributed by atoms with Gasteiger partial charge < -0.3 is 5.73 Å². The Balaban J connectivity index is 2.21. The second-order valence-electron chi connectivity index (χ2n) is 3.65. The standard InChI is InChI=1S/C12H15N3/c1-15-12(5-6-14-15)8-10-3-2-4-11(7-10)9-13/h2-7H,8-9,13H2,1H3. The molecular weight excluding hydrogens is 186 g/mol. The molecule has 15 heavy (non-hydrogen) atoms. The van der Waals surface area contributed by atoms with Gasteiger partial charge in [-0.15, -0.1) is 0 Å². The fourth-order valence-electron chi connectivity index (χ4n) is 1.65. The van der Waals surface area contributed by atoms with Gasteiger partial charge >= 0.3 is 0 Å². The number of aromatic nitrogens is 2. The van der Waals surface area contributed by atoms with Gasteiger partial charge in [0.25, 0.3) is 0 Å². The Hall–Kier alpha value is -1.61. The topological polar surface area (TPSA) is 43.8 Å². The first kappa shape index (κ1) is 9.93. The highest BCUT2D eigenvalue weighted by atomic mass is 15.2. The van der Waals surface area contributed by atoms with Crippen LogP contribution in [0.5, 0.6) is 0 Å². The minimum atomic E-state index is 0.596. The van der Waals surface area contributed by atoms with Gasteiger partial charge in [0.2, 0.25) is 0 Å². The van der Waals surface area contributed by atoms with E-state index in [-0.39, 0.29) is 0 Å². The largest absolute Gasteiger partial charge is 0.326 e. The molecule has 3 heteroatoms. The Labute approximate surface area is 89.5 Å². The van der Waals surface area contributed by atoms with E-state index in [1.807, 2.05) is 36.1 Å². The number of nitrogens with two attached hydrogens (primary N) is 1. The summed E-state index contributed by atoms with van der Waals surface area (Å²) in [5, 5.41) is 4.15. The molecule has 1 aromatic carbocycles. The van der Waals surface area contributed by atoms with Gasteiger partial charge in [-0.2, -0.15) is 5.10 Å². The Morgan fingerprint density at radius 3 is 2.73 bits per heavy atom. The highest BCUT2D eigenvalue weighted by molar-refractivity contribution is 5.26. The maximum absolute atomic E-state index is 5.60. The van der Waals surface area contributed by atoms with E-state index < -0.39 is 0 Å². The van der Waals surface area contributed by atoms with Crippen molar-refractivity contribution in [1.29, 1.82) is 0 Å². The molecule has 0 saturated carbocycles. The van der Waals surface area contributed by atoms with E-state index in [0.29, 0.717) is 6.54 Å². The molecule has 0 unspecified atom stereocenters. The van der Waals surface area contributed by atoms with E-state index in [2.05, 4.69) is 17.2 Å². The third-order valence-corrected chi connectivity index (χ3v) is 2.53.